The summed E-state index contributed by atoms with van der Waals surface area (Å²) in [4.78, 5) is 35.6. The molecule has 28 heavy (non-hydrogen) atoms. The summed E-state index contributed by atoms with van der Waals surface area (Å²) in [6, 6.07) is 9.55. The Morgan fingerprint density at radius 2 is 1.75 bits per heavy atom. The minimum Gasteiger partial charge on any atom is -0.456 e. The molecule has 5 nitrogen and oxygen atoms in total. The van der Waals surface area contributed by atoms with E-state index < -0.39 is 30.3 Å². The molecule has 1 unspecified atom stereocenters. The van der Waals surface area contributed by atoms with Gasteiger partial charge in [0.05, 0.1) is 12.5 Å². The van der Waals surface area contributed by atoms with Gasteiger partial charge in [-0.05, 0) is 48.9 Å². The van der Waals surface area contributed by atoms with Gasteiger partial charge in [-0.2, -0.15) is 0 Å². The van der Waals surface area contributed by atoms with E-state index >= 15 is 0 Å². The van der Waals surface area contributed by atoms with Crippen molar-refractivity contribution in [2.75, 3.05) is 6.61 Å². The predicted molar refractivity (Wildman–Crippen MR) is 104 cm³/mol. The molecule has 0 aliphatic rings. The molecular weight excluding hydrogens is 408 g/mol. The van der Waals surface area contributed by atoms with Crippen LogP contribution in [0.4, 0.5) is 4.39 Å². The van der Waals surface area contributed by atoms with E-state index in [1.165, 1.54) is 24.3 Å². The number of carbonyl (C=O) groups excluding carboxylic acids is 3. The van der Waals surface area contributed by atoms with Crippen LogP contribution in [0.5, 0.6) is 0 Å². The molecule has 0 bridgehead atoms. The maximum absolute atomic E-state index is 12.8. The largest absolute Gasteiger partial charge is 0.456 e. The van der Waals surface area contributed by atoms with E-state index in [-0.39, 0.29) is 18.6 Å². The van der Waals surface area contributed by atoms with E-state index in [2.05, 4.69) is 5.32 Å². The van der Waals surface area contributed by atoms with Gasteiger partial charge in [0.25, 0.3) is 5.91 Å². The topological polar surface area (TPSA) is 72.5 Å². The second-order valence-electron chi connectivity index (χ2n) is 6.05. The fraction of sp³-hybridized carbons (Fsp3) is 0.250. The monoisotopic (exact) mass is 425 g/mol. The number of ketones is 1. The zero-order valence-corrected chi connectivity index (χ0v) is 16.5. The highest BCUT2D eigenvalue weighted by Gasteiger charge is 2.15. The Labute approximate surface area is 171 Å². The molecule has 148 valence electrons. The number of hydrogen-bond acceptors (Lipinski definition) is 4. The SMILES string of the molecule is CC(NC(=O)COC(=O)CCC(=O)c1ccc(F)cc1)c1ccc(Cl)cc1Cl. The van der Waals surface area contributed by atoms with E-state index in [0.29, 0.717) is 21.2 Å². The minimum absolute atomic E-state index is 0.0944. The first-order chi connectivity index (χ1) is 13.3. The van der Waals surface area contributed by atoms with E-state index in [0.717, 1.165) is 0 Å². The van der Waals surface area contributed by atoms with Gasteiger partial charge in [-0.3, -0.25) is 14.4 Å². The molecular formula is C20H18Cl2FNO4. The Hall–Kier alpha value is -2.44. The molecule has 8 heteroatoms. The third-order valence-corrected chi connectivity index (χ3v) is 4.46. The van der Waals surface area contributed by atoms with Crippen molar-refractivity contribution in [2.45, 2.75) is 25.8 Å². The number of Topliss-reactive ketones (excluding diaryl/α,β-unsaturated/α-hetero) is 1. The molecule has 1 atom stereocenters. The molecule has 2 aromatic rings. The number of amides is 1. The normalized spacial score (nSPS) is 11.6. The average Bonchev–Trinajstić information content (AvgIpc) is 2.64. The Balaban J connectivity index is 1.75. The number of rotatable bonds is 8. The lowest BCUT2D eigenvalue weighted by molar-refractivity contribution is -0.148. The van der Waals surface area contributed by atoms with Crippen LogP contribution in [0, 0.1) is 5.82 Å². The summed E-state index contributed by atoms with van der Waals surface area (Å²) < 4.78 is 17.7. The van der Waals surface area contributed by atoms with E-state index in [9.17, 15) is 18.8 Å². The van der Waals surface area contributed by atoms with E-state index in [4.69, 9.17) is 27.9 Å². The molecule has 0 radical (unpaired) electrons. The first-order valence-corrected chi connectivity index (χ1v) is 9.20. The number of nitrogens with one attached hydrogen (secondary N) is 1. The number of carbonyl (C=O) groups is 3. The average molecular weight is 426 g/mol. The lowest BCUT2D eigenvalue weighted by Gasteiger charge is -2.16. The quantitative estimate of drug-likeness (QED) is 0.498. The van der Waals surface area contributed by atoms with Gasteiger partial charge in [-0.25, -0.2) is 4.39 Å². The first-order valence-electron chi connectivity index (χ1n) is 8.45. The molecule has 0 saturated carbocycles. The smallest absolute Gasteiger partial charge is 0.306 e. The highest BCUT2D eigenvalue weighted by atomic mass is 35.5. The molecule has 0 saturated heterocycles. The Kier molecular flexibility index (Phi) is 7.96. The van der Waals surface area contributed by atoms with Crippen LogP contribution in [0.2, 0.25) is 10.0 Å². The second kappa shape index (κ2) is 10.2. The zero-order chi connectivity index (χ0) is 20.7. The lowest BCUT2D eigenvalue weighted by Crippen LogP contribution is -2.31. The predicted octanol–water partition coefficient (Wildman–Crippen LogP) is 4.52. The molecule has 0 spiro atoms. The Bertz CT molecular complexity index is 871. The van der Waals surface area contributed by atoms with Crippen LogP contribution in [0.15, 0.2) is 42.5 Å². The number of halogens is 3. The number of ether oxygens (including phenoxy) is 1. The van der Waals surface area contributed by atoms with Crippen molar-refractivity contribution in [2.24, 2.45) is 0 Å². The molecule has 0 aliphatic heterocycles. The van der Waals surface area contributed by atoms with Crippen LogP contribution in [0.1, 0.15) is 41.7 Å². The minimum atomic E-state index is -0.678. The number of esters is 1. The summed E-state index contributed by atoms with van der Waals surface area (Å²) in [6.07, 6.45) is -0.273. The summed E-state index contributed by atoms with van der Waals surface area (Å²) in [5.41, 5.74) is 0.983. The molecule has 1 N–H and O–H groups in total. The van der Waals surface area contributed by atoms with Gasteiger partial charge >= 0.3 is 5.97 Å². The maximum atomic E-state index is 12.8. The fourth-order valence-electron chi connectivity index (χ4n) is 2.43. The van der Waals surface area contributed by atoms with Crippen LogP contribution in [-0.4, -0.2) is 24.3 Å². The van der Waals surface area contributed by atoms with Crippen molar-refractivity contribution in [3.63, 3.8) is 0 Å². The highest BCUT2D eigenvalue weighted by molar-refractivity contribution is 6.35. The molecule has 1 amide bonds. The van der Waals surface area contributed by atoms with Crippen molar-refractivity contribution in [1.82, 2.24) is 5.32 Å². The third-order valence-electron chi connectivity index (χ3n) is 3.89. The summed E-state index contributed by atoms with van der Waals surface area (Å²) in [5.74, 6) is -1.94. The molecule has 0 fully saturated rings. The van der Waals surface area contributed by atoms with Crippen LogP contribution in [0.3, 0.4) is 0 Å². The van der Waals surface area contributed by atoms with Crippen molar-refractivity contribution < 1.29 is 23.5 Å². The lowest BCUT2D eigenvalue weighted by atomic mass is 10.1. The Morgan fingerprint density at radius 3 is 2.39 bits per heavy atom. The van der Waals surface area contributed by atoms with Gasteiger partial charge in [0.2, 0.25) is 0 Å². The van der Waals surface area contributed by atoms with Crippen molar-refractivity contribution in [1.29, 1.82) is 0 Å². The maximum Gasteiger partial charge on any atom is 0.306 e. The number of benzene rings is 2. The fourth-order valence-corrected chi connectivity index (χ4v) is 3.00. The van der Waals surface area contributed by atoms with E-state index in [1.54, 1.807) is 25.1 Å². The highest BCUT2D eigenvalue weighted by Crippen LogP contribution is 2.26. The molecule has 0 aliphatic carbocycles. The van der Waals surface area contributed by atoms with Crippen molar-refractivity contribution in [3.05, 3.63) is 69.5 Å². The van der Waals surface area contributed by atoms with Gasteiger partial charge in [0.1, 0.15) is 5.82 Å². The Morgan fingerprint density at radius 1 is 1.07 bits per heavy atom. The molecule has 2 rings (SSSR count). The second-order valence-corrected chi connectivity index (χ2v) is 6.89. The molecule has 0 aromatic heterocycles. The first kappa shape index (κ1) is 21.9. The summed E-state index contributed by atoms with van der Waals surface area (Å²) in [5, 5.41) is 3.56. The molecule has 2 aromatic carbocycles. The van der Waals surface area contributed by atoms with Gasteiger partial charge in [0, 0.05) is 22.0 Å². The van der Waals surface area contributed by atoms with Crippen molar-refractivity contribution in [3.8, 4) is 0 Å². The van der Waals surface area contributed by atoms with E-state index in [1.807, 2.05) is 0 Å². The van der Waals surface area contributed by atoms with Gasteiger partial charge in [-0.1, -0.05) is 29.3 Å². The van der Waals surface area contributed by atoms with Crippen LogP contribution in [-0.2, 0) is 14.3 Å². The summed E-state index contributed by atoms with van der Waals surface area (Å²) in [7, 11) is 0. The standard InChI is InChI=1S/C20H18Cl2FNO4/c1-12(16-7-4-14(21)10-17(16)22)24-19(26)11-28-20(27)9-8-18(25)13-2-5-15(23)6-3-13/h2-7,10,12H,8-9,11H2,1H3,(H,24,26). The van der Waals surface area contributed by atoms with Gasteiger partial charge in [0.15, 0.2) is 12.4 Å². The van der Waals surface area contributed by atoms with Crippen LogP contribution < -0.4 is 5.32 Å². The summed E-state index contributed by atoms with van der Waals surface area (Å²) >= 11 is 11.9. The van der Waals surface area contributed by atoms with Gasteiger partial charge in [-0.15, -0.1) is 0 Å². The number of hydrogen-bond donors (Lipinski definition) is 1. The van der Waals surface area contributed by atoms with Crippen LogP contribution >= 0.6 is 23.2 Å². The zero-order valence-electron chi connectivity index (χ0n) is 15.0. The van der Waals surface area contributed by atoms with Crippen molar-refractivity contribution >= 4 is 40.9 Å². The van der Waals surface area contributed by atoms with Crippen LogP contribution in [0.25, 0.3) is 0 Å². The molecule has 0 heterocycles. The summed E-state index contributed by atoms with van der Waals surface area (Å²) in [6.45, 7) is 1.26. The van der Waals surface area contributed by atoms with Gasteiger partial charge < -0.3 is 10.1 Å². The third kappa shape index (κ3) is 6.62.